The van der Waals surface area contributed by atoms with Crippen LogP contribution in [-0.2, 0) is 8.85 Å². The number of hydrogen-bond donors (Lipinski definition) is 0. The molecule has 0 aliphatic heterocycles. The lowest BCUT2D eigenvalue weighted by Crippen LogP contribution is -2.40. The van der Waals surface area contributed by atoms with Gasteiger partial charge < -0.3 is 23.6 Å². The fourth-order valence-corrected chi connectivity index (χ4v) is 5.08. The summed E-state index contributed by atoms with van der Waals surface area (Å²) in [5.74, 6) is 0. The van der Waals surface area contributed by atoms with E-state index < -0.39 is 8.56 Å². The van der Waals surface area contributed by atoms with E-state index in [9.17, 15) is 0 Å². The molecule has 0 unspecified atom stereocenters. The van der Waals surface area contributed by atoms with Crippen molar-refractivity contribution in [1.82, 2.24) is 14.7 Å². The number of nitrogens with zero attached hydrogens (tertiary/aromatic N) is 3. The van der Waals surface area contributed by atoms with Gasteiger partial charge in [-0.25, -0.2) is 0 Å². The molecule has 0 radical (unpaired) electrons. The zero-order valence-corrected chi connectivity index (χ0v) is 17.7. The molecule has 0 bridgehead atoms. The molecule has 23 heavy (non-hydrogen) atoms. The minimum Gasteiger partial charge on any atom is -0.398 e. The Hall–Kier alpha value is 0.0169. The van der Waals surface area contributed by atoms with Gasteiger partial charge in [-0.1, -0.05) is 6.92 Å². The highest BCUT2D eigenvalue weighted by molar-refractivity contribution is 6.67. The summed E-state index contributed by atoms with van der Waals surface area (Å²) >= 11 is 0. The lowest BCUT2D eigenvalue weighted by Gasteiger charge is -2.28. The molecular formula is C17H41N3O2Si. The Kier molecular flexibility index (Phi) is 13.3. The van der Waals surface area contributed by atoms with Crippen molar-refractivity contribution < 1.29 is 8.85 Å². The van der Waals surface area contributed by atoms with Gasteiger partial charge >= 0.3 is 8.56 Å². The standard InChI is InChI=1S/C17H41N3O2Si/c1-8-23(21-6,22-7)17-11-16-20(14-9-12-18(2)3)15-10-13-19(4)5/h8-17H2,1-7H3. The molecule has 0 heterocycles. The maximum Gasteiger partial charge on any atom is 0.337 e. The van der Waals surface area contributed by atoms with Crippen LogP contribution in [0, 0.1) is 0 Å². The van der Waals surface area contributed by atoms with Crippen LogP contribution in [0.4, 0.5) is 0 Å². The number of rotatable bonds is 15. The fourth-order valence-electron chi connectivity index (χ4n) is 2.88. The van der Waals surface area contributed by atoms with Crippen LogP contribution in [0.5, 0.6) is 0 Å². The molecule has 0 aromatic carbocycles. The van der Waals surface area contributed by atoms with Gasteiger partial charge in [0.2, 0.25) is 0 Å². The van der Waals surface area contributed by atoms with E-state index in [2.05, 4.69) is 49.8 Å². The summed E-state index contributed by atoms with van der Waals surface area (Å²) in [6, 6.07) is 2.12. The maximum absolute atomic E-state index is 5.73. The summed E-state index contributed by atoms with van der Waals surface area (Å²) in [6.07, 6.45) is 3.64. The lowest BCUT2D eigenvalue weighted by atomic mass is 10.3. The zero-order valence-electron chi connectivity index (χ0n) is 16.7. The smallest absolute Gasteiger partial charge is 0.337 e. The number of hydrogen-bond acceptors (Lipinski definition) is 5. The average Bonchev–Trinajstić information content (AvgIpc) is 2.51. The second kappa shape index (κ2) is 13.3. The second-order valence-corrected chi connectivity index (χ2v) is 10.8. The summed E-state index contributed by atoms with van der Waals surface area (Å²) in [7, 11) is 10.3. The van der Waals surface area contributed by atoms with Crippen molar-refractivity contribution in [2.45, 2.75) is 38.3 Å². The first-order chi connectivity index (χ1) is 10.9. The van der Waals surface area contributed by atoms with Crippen LogP contribution in [0.1, 0.15) is 26.2 Å². The van der Waals surface area contributed by atoms with Crippen LogP contribution >= 0.6 is 0 Å². The van der Waals surface area contributed by atoms with Crippen LogP contribution in [-0.4, -0.2) is 98.4 Å². The molecule has 0 rings (SSSR count). The highest BCUT2D eigenvalue weighted by Crippen LogP contribution is 2.19. The van der Waals surface area contributed by atoms with Gasteiger partial charge in [0.1, 0.15) is 0 Å². The van der Waals surface area contributed by atoms with Crippen molar-refractivity contribution in [2.75, 3.05) is 75.1 Å². The van der Waals surface area contributed by atoms with Crippen molar-refractivity contribution in [1.29, 1.82) is 0 Å². The summed E-state index contributed by atoms with van der Waals surface area (Å²) < 4.78 is 11.5. The van der Waals surface area contributed by atoms with Gasteiger partial charge in [-0.05, 0) is 92.3 Å². The Labute approximate surface area is 146 Å². The first kappa shape index (κ1) is 23.0. The van der Waals surface area contributed by atoms with Crippen molar-refractivity contribution in [2.24, 2.45) is 0 Å². The van der Waals surface area contributed by atoms with Crippen LogP contribution in [0.15, 0.2) is 0 Å². The van der Waals surface area contributed by atoms with E-state index >= 15 is 0 Å². The van der Waals surface area contributed by atoms with Gasteiger partial charge in [0.15, 0.2) is 0 Å². The second-order valence-electron chi connectivity index (χ2n) is 6.93. The van der Waals surface area contributed by atoms with Gasteiger partial charge in [0.05, 0.1) is 0 Å². The molecule has 0 fully saturated rings. The largest absolute Gasteiger partial charge is 0.398 e. The van der Waals surface area contributed by atoms with Gasteiger partial charge in [0.25, 0.3) is 0 Å². The van der Waals surface area contributed by atoms with Crippen LogP contribution in [0.3, 0.4) is 0 Å². The Morgan fingerprint density at radius 3 is 1.48 bits per heavy atom. The molecule has 140 valence electrons. The normalized spacial score (nSPS) is 12.8. The molecule has 0 aromatic heterocycles. The van der Waals surface area contributed by atoms with E-state index in [0.717, 1.165) is 31.7 Å². The SMILES string of the molecule is CC[Si](CCCN(CCCN(C)C)CCCN(C)C)(OC)OC. The molecule has 0 saturated heterocycles. The predicted molar refractivity (Wildman–Crippen MR) is 102 cm³/mol. The molecule has 6 heteroatoms. The third kappa shape index (κ3) is 11.2. The van der Waals surface area contributed by atoms with Gasteiger partial charge in [-0.2, -0.15) is 0 Å². The Balaban J connectivity index is 4.26. The first-order valence-corrected chi connectivity index (χ1v) is 11.2. The molecular weight excluding hydrogens is 306 g/mol. The van der Waals surface area contributed by atoms with Crippen molar-refractivity contribution >= 4 is 8.56 Å². The predicted octanol–water partition coefficient (Wildman–Crippen LogP) is 2.34. The summed E-state index contributed by atoms with van der Waals surface area (Å²) in [4.78, 5) is 7.15. The minimum atomic E-state index is -1.93. The van der Waals surface area contributed by atoms with E-state index in [0.29, 0.717) is 0 Å². The van der Waals surface area contributed by atoms with Crippen molar-refractivity contribution in [3.05, 3.63) is 0 Å². The molecule has 0 aromatic rings. The monoisotopic (exact) mass is 347 g/mol. The zero-order chi connectivity index (χ0) is 17.7. The first-order valence-electron chi connectivity index (χ1n) is 9.01. The van der Waals surface area contributed by atoms with E-state index in [1.807, 2.05) is 14.2 Å². The van der Waals surface area contributed by atoms with Gasteiger partial charge in [-0.15, -0.1) is 0 Å². The highest BCUT2D eigenvalue weighted by Gasteiger charge is 2.32. The van der Waals surface area contributed by atoms with Crippen LogP contribution in [0.2, 0.25) is 12.1 Å². The quantitative estimate of drug-likeness (QED) is 0.424. The molecule has 0 spiro atoms. The Bertz CT molecular complexity index is 252. The maximum atomic E-state index is 5.73. The molecule has 0 atom stereocenters. The van der Waals surface area contributed by atoms with E-state index in [-0.39, 0.29) is 0 Å². The van der Waals surface area contributed by atoms with E-state index in [1.165, 1.54) is 32.4 Å². The molecule has 0 amide bonds. The molecule has 0 N–H and O–H groups in total. The summed E-state index contributed by atoms with van der Waals surface area (Å²) in [6.45, 7) is 8.04. The van der Waals surface area contributed by atoms with Gasteiger partial charge in [-0.3, -0.25) is 0 Å². The van der Waals surface area contributed by atoms with Gasteiger partial charge in [0, 0.05) is 14.2 Å². The molecule has 0 aliphatic rings. The fraction of sp³-hybridized carbons (Fsp3) is 1.00. The van der Waals surface area contributed by atoms with Crippen molar-refractivity contribution in [3.8, 4) is 0 Å². The molecule has 5 nitrogen and oxygen atoms in total. The van der Waals surface area contributed by atoms with Crippen LogP contribution in [0.25, 0.3) is 0 Å². The highest BCUT2D eigenvalue weighted by atomic mass is 28.4. The minimum absolute atomic E-state index is 1.03. The summed E-state index contributed by atoms with van der Waals surface area (Å²) in [5.41, 5.74) is 0. The molecule has 0 aliphatic carbocycles. The Morgan fingerprint density at radius 2 is 1.13 bits per heavy atom. The summed E-state index contributed by atoms with van der Waals surface area (Å²) in [5, 5.41) is 0. The lowest BCUT2D eigenvalue weighted by molar-refractivity contribution is 0.224. The average molecular weight is 348 g/mol. The van der Waals surface area contributed by atoms with E-state index in [4.69, 9.17) is 8.85 Å². The Morgan fingerprint density at radius 1 is 0.696 bits per heavy atom. The topological polar surface area (TPSA) is 28.2 Å². The van der Waals surface area contributed by atoms with Crippen LogP contribution < -0.4 is 0 Å². The molecule has 0 saturated carbocycles. The third-order valence-electron chi connectivity index (χ3n) is 4.47. The van der Waals surface area contributed by atoms with E-state index in [1.54, 1.807) is 0 Å². The third-order valence-corrected chi connectivity index (χ3v) is 8.15. The van der Waals surface area contributed by atoms with Crippen molar-refractivity contribution in [3.63, 3.8) is 0 Å².